The van der Waals surface area contributed by atoms with Crippen molar-refractivity contribution < 1.29 is 59.7 Å². The van der Waals surface area contributed by atoms with Crippen LogP contribution in [0.25, 0.3) is 0 Å². The molecule has 0 aromatic rings. The molecule has 0 aliphatic carbocycles. The molecule has 0 rings (SSSR count). The van der Waals surface area contributed by atoms with E-state index in [1.807, 2.05) is 0 Å². The molecule has 0 spiro atoms. The Bertz CT molecular complexity index is 443. The number of carboxylic acid groups (broad SMARTS) is 5. The van der Waals surface area contributed by atoms with Crippen LogP contribution in [0.2, 0.25) is 0 Å². The largest absolute Gasteiger partial charge is 2.00 e. The number of hydrogen-bond donors (Lipinski definition) is 2. The van der Waals surface area contributed by atoms with Gasteiger partial charge < -0.3 is 59.7 Å². The molecule has 0 radical (unpaired) electrons. The van der Waals surface area contributed by atoms with E-state index in [0.717, 1.165) is 0 Å². The van der Waals surface area contributed by atoms with Crippen LogP contribution in [0.5, 0.6) is 0 Å². The van der Waals surface area contributed by atoms with Gasteiger partial charge in [0, 0.05) is 37.2 Å². The molecule has 0 saturated heterocycles. The normalized spacial score (nSPS) is 11.0. The summed E-state index contributed by atoms with van der Waals surface area (Å²) in [5.74, 6) is -9.41. The van der Waals surface area contributed by atoms with E-state index < -0.39 is 60.8 Å². The van der Waals surface area contributed by atoms with E-state index in [1.165, 1.54) is 0 Å². The fraction of sp³-hybridized carbons (Fsp3) is 0.500. The van der Waals surface area contributed by atoms with Crippen molar-refractivity contribution in [1.29, 1.82) is 0 Å². The summed E-state index contributed by atoms with van der Waals surface area (Å²) in [4.78, 5) is 49.1. The Labute approximate surface area is 158 Å². The average Bonchev–Trinajstić information content (AvgIpc) is 2.25. The summed E-state index contributed by atoms with van der Waals surface area (Å²) in [6.07, 6.45) is -5.61. The summed E-state index contributed by atoms with van der Waals surface area (Å²) in [7, 11) is 0. The molecule has 1 atom stereocenters. The second kappa shape index (κ2) is 12.0. The van der Waals surface area contributed by atoms with E-state index in [1.54, 1.807) is 0 Å². The summed E-state index contributed by atoms with van der Waals surface area (Å²) in [5.41, 5.74) is -2.97. The van der Waals surface area contributed by atoms with E-state index in [2.05, 4.69) is 0 Å². The zero-order valence-corrected chi connectivity index (χ0v) is 13.6. The van der Waals surface area contributed by atoms with Gasteiger partial charge >= 0.3 is 37.7 Å². The number of rotatable bonds is 8. The van der Waals surface area contributed by atoms with Crippen LogP contribution in [0, 0.1) is 0 Å². The van der Waals surface area contributed by atoms with Crippen LogP contribution in [0.1, 0.15) is 19.3 Å². The molecule has 12 nitrogen and oxygen atoms in total. The van der Waals surface area contributed by atoms with Crippen LogP contribution in [0.4, 0.5) is 0 Å². The molecule has 0 aliphatic heterocycles. The van der Waals surface area contributed by atoms with Gasteiger partial charge in [-0.3, -0.25) is 0 Å². The summed E-state index contributed by atoms with van der Waals surface area (Å²) in [6.45, 7) is 0. The molecule has 0 heterocycles. The van der Waals surface area contributed by atoms with Gasteiger partial charge in [-0.1, -0.05) is 0 Å². The standard InChI is InChI=1S/C6H8O7.C4H6O5.Ca/c7-3(8)1-6(13,5(11)12)2-4(9)10;5-2(4(8)9)1-3(6)7;/h13H,1-2H2,(H,7,8)(H,9,10)(H,11,12);2,5H,1H2,(H,6,7)(H,8,9);/q;;+2/p-5. The Morgan fingerprint density at radius 1 is 0.826 bits per heavy atom. The minimum absolute atomic E-state index is 0. The molecule has 13 heteroatoms. The Kier molecular flexibility index (Phi) is 13.8. The minimum Gasteiger partial charge on any atom is -0.550 e. The van der Waals surface area contributed by atoms with E-state index in [9.17, 15) is 49.5 Å². The van der Waals surface area contributed by atoms with Crippen molar-refractivity contribution in [3.8, 4) is 0 Å². The van der Waals surface area contributed by atoms with Crippen LogP contribution < -0.4 is 25.5 Å². The molecule has 1 unspecified atom stereocenters. The maximum absolute atomic E-state index is 10.1. The Morgan fingerprint density at radius 3 is 1.30 bits per heavy atom. The van der Waals surface area contributed by atoms with E-state index in [0.29, 0.717) is 0 Å². The molecule has 0 fully saturated rings. The van der Waals surface area contributed by atoms with Crippen LogP contribution in [-0.4, -0.2) is 89.5 Å². The third kappa shape index (κ3) is 13.9. The van der Waals surface area contributed by atoms with Crippen molar-refractivity contribution >= 4 is 67.6 Å². The third-order valence-electron chi connectivity index (χ3n) is 1.89. The van der Waals surface area contributed by atoms with Gasteiger partial charge in [-0.05, 0) is 0 Å². The van der Waals surface area contributed by atoms with Gasteiger partial charge in [0.05, 0.1) is 18.0 Å². The first-order valence-corrected chi connectivity index (χ1v) is 5.24. The number of aliphatic hydroxyl groups excluding tert-OH is 1. The number of carboxylic acids is 5. The average molecular weight is 361 g/mol. The number of hydrogen-bond acceptors (Lipinski definition) is 12. The molecule has 0 aromatic carbocycles. The van der Waals surface area contributed by atoms with Crippen LogP contribution in [-0.2, 0) is 24.0 Å². The first kappa shape index (κ1) is 26.4. The maximum atomic E-state index is 10.1. The van der Waals surface area contributed by atoms with Crippen molar-refractivity contribution in [1.82, 2.24) is 0 Å². The van der Waals surface area contributed by atoms with Gasteiger partial charge in [-0.25, -0.2) is 0 Å². The zero-order valence-electron chi connectivity index (χ0n) is 11.4. The second-order valence-corrected chi connectivity index (χ2v) is 3.83. The molecular formula is C10H9CaO12-3. The number of aliphatic carboxylic acids is 5. The molecule has 23 heavy (non-hydrogen) atoms. The van der Waals surface area contributed by atoms with Gasteiger partial charge in [-0.2, -0.15) is 0 Å². The zero-order chi connectivity index (χ0) is 18.1. The van der Waals surface area contributed by atoms with E-state index in [4.69, 9.17) is 10.2 Å². The number of carbonyl (C=O) groups excluding carboxylic acids is 5. The maximum Gasteiger partial charge on any atom is 2.00 e. The third-order valence-corrected chi connectivity index (χ3v) is 1.89. The number of carbonyl (C=O) groups is 5. The SMILES string of the molecule is O=C([O-])CC(O)(CC(=O)[O-])C(=O)[O-].O=C([O-])CC(O)C(=O)[O-].[Ca+2]. The van der Waals surface area contributed by atoms with Crippen LogP contribution in [0.3, 0.4) is 0 Å². The van der Waals surface area contributed by atoms with Gasteiger partial charge in [0.2, 0.25) is 0 Å². The van der Waals surface area contributed by atoms with Gasteiger partial charge in [-0.15, -0.1) is 0 Å². The van der Waals surface area contributed by atoms with Gasteiger partial charge in [0.1, 0.15) is 5.60 Å². The quantitative estimate of drug-likeness (QED) is 0.383. The van der Waals surface area contributed by atoms with Gasteiger partial charge in [0.25, 0.3) is 0 Å². The predicted molar refractivity (Wildman–Crippen MR) is 55.6 cm³/mol. The summed E-state index contributed by atoms with van der Waals surface area (Å²) >= 11 is 0. The molecule has 0 bridgehead atoms. The van der Waals surface area contributed by atoms with Crippen molar-refractivity contribution in [3.05, 3.63) is 0 Å². The topological polar surface area (TPSA) is 241 Å². The first-order valence-electron chi connectivity index (χ1n) is 5.24. The van der Waals surface area contributed by atoms with E-state index in [-0.39, 0.29) is 37.7 Å². The Morgan fingerprint density at radius 2 is 1.17 bits per heavy atom. The predicted octanol–water partition coefficient (Wildman–Crippen LogP) is -9.40. The monoisotopic (exact) mass is 361 g/mol. The van der Waals surface area contributed by atoms with Crippen molar-refractivity contribution in [2.24, 2.45) is 0 Å². The Hall–Kier alpha value is -1.47. The van der Waals surface area contributed by atoms with Crippen LogP contribution in [0.15, 0.2) is 0 Å². The Balaban J connectivity index is -0.000000354. The van der Waals surface area contributed by atoms with E-state index >= 15 is 0 Å². The number of aliphatic hydroxyl groups is 2. The van der Waals surface area contributed by atoms with Crippen molar-refractivity contribution in [3.63, 3.8) is 0 Å². The molecule has 0 saturated carbocycles. The summed E-state index contributed by atoms with van der Waals surface area (Å²) < 4.78 is 0. The molecule has 0 aliphatic rings. The smallest absolute Gasteiger partial charge is 0.550 e. The molecule has 2 N–H and O–H groups in total. The fourth-order valence-corrected chi connectivity index (χ4v) is 0.926. The van der Waals surface area contributed by atoms with Crippen LogP contribution >= 0.6 is 0 Å². The van der Waals surface area contributed by atoms with Gasteiger partial charge in [0.15, 0.2) is 0 Å². The van der Waals surface area contributed by atoms with Crippen molar-refractivity contribution in [2.75, 3.05) is 0 Å². The second-order valence-electron chi connectivity index (χ2n) is 3.83. The minimum atomic E-state index is -2.97. The first-order chi connectivity index (χ1) is 9.81. The molecule has 0 amide bonds. The molecular weight excluding hydrogens is 352 g/mol. The van der Waals surface area contributed by atoms with Crippen molar-refractivity contribution in [2.45, 2.75) is 31.0 Å². The molecule has 126 valence electrons. The molecule has 0 aromatic heterocycles. The summed E-state index contributed by atoms with van der Waals surface area (Å²) in [5, 5.41) is 66.3. The summed E-state index contributed by atoms with van der Waals surface area (Å²) in [6, 6.07) is 0. The fourth-order valence-electron chi connectivity index (χ4n) is 0.926.